The number of ether oxygens (including phenoxy) is 6. The lowest BCUT2D eigenvalue weighted by molar-refractivity contribution is -0.379. The van der Waals surface area contributed by atoms with Gasteiger partial charge in [-0.2, -0.15) is 0 Å². The maximum Gasteiger partial charge on any atom is 0.220 e. The molecule has 3 heterocycles. The second kappa shape index (κ2) is 43.0. The zero-order valence-electron chi connectivity index (χ0n) is 47.7. The second-order valence-electron chi connectivity index (χ2n) is 22.2. The van der Waals surface area contributed by atoms with Crippen LogP contribution in [0, 0.1) is 0 Å². The number of carbonyl (C=O) groups excluding carboxylic acids is 1. The van der Waals surface area contributed by atoms with Gasteiger partial charge >= 0.3 is 0 Å². The topological polar surface area (TPSA) is 307 Å². The van der Waals surface area contributed by atoms with E-state index in [1.807, 2.05) is 6.08 Å². The van der Waals surface area contributed by atoms with E-state index >= 15 is 0 Å². The lowest BCUT2D eigenvalue weighted by Gasteiger charge is -2.48. The molecule has 0 spiro atoms. The van der Waals surface area contributed by atoms with E-state index < -0.39 is 124 Å². The van der Waals surface area contributed by atoms with Crippen molar-refractivity contribution >= 4 is 5.91 Å². The molecule has 0 aliphatic carbocycles. The number of nitrogens with one attached hydrogen (secondary N) is 1. The molecule has 17 unspecified atom stereocenters. The van der Waals surface area contributed by atoms with Crippen molar-refractivity contribution in [3.63, 3.8) is 0 Å². The van der Waals surface area contributed by atoms with E-state index in [4.69, 9.17) is 28.4 Å². The Hall–Kier alpha value is -1.73. The Labute approximate surface area is 467 Å². The zero-order chi connectivity index (χ0) is 56.9. The van der Waals surface area contributed by atoms with Crippen molar-refractivity contribution in [2.45, 2.75) is 317 Å². The average Bonchev–Trinajstić information content (AvgIpc) is 3.45. The van der Waals surface area contributed by atoms with Crippen molar-refractivity contribution in [2.75, 3.05) is 26.4 Å². The van der Waals surface area contributed by atoms with Gasteiger partial charge in [-0.05, 0) is 32.1 Å². The molecule has 0 radical (unpaired) electrons. The van der Waals surface area contributed by atoms with E-state index in [1.54, 1.807) is 6.08 Å². The van der Waals surface area contributed by atoms with Crippen LogP contribution in [0.2, 0.25) is 0 Å². The van der Waals surface area contributed by atoms with Crippen molar-refractivity contribution in [1.82, 2.24) is 5.32 Å². The Bertz CT molecular complexity index is 1530. The van der Waals surface area contributed by atoms with Crippen LogP contribution in [0.25, 0.3) is 0 Å². The summed E-state index contributed by atoms with van der Waals surface area (Å²) in [4.78, 5) is 13.3. The number of carbonyl (C=O) groups is 1. The largest absolute Gasteiger partial charge is 0.394 e. The molecule has 0 aromatic carbocycles. The van der Waals surface area contributed by atoms with Crippen LogP contribution in [0.4, 0.5) is 0 Å². The van der Waals surface area contributed by atoms with Crippen molar-refractivity contribution in [3.05, 3.63) is 24.3 Å². The molecule has 78 heavy (non-hydrogen) atoms. The highest BCUT2D eigenvalue weighted by atomic mass is 16.8. The van der Waals surface area contributed by atoms with Crippen LogP contribution < -0.4 is 5.32 Å². The first-order chi connectivity index (χ1) is 37.8. The molecule has 3 saturated heterocycles. The molecule has 0 aromatic rings. The molecule has 3 fully saturated rings. The van der Waals surface area contributed by atoms with Crippen LogP contribution in [0.5, 0.6) is 0 Å². The summed E-state index contributed by atoms with van der Waals surface area (Å²) in [6.07, 6.45) is 17.3. The number of allylic oxidation sites excluding steroid dienone is 3. The highest BCUT2D eigenvalue weighted by molar-refractivity contribution is 5.76. The van der Waals surface area contributed by atoms with Gasteiger partial charge in [0.2, 0.25) is 5.91 Å². The molecule has 0 saturated carbocycles. The Kier molecular flexibility index (Phi) is 38.9. The van der Waals surface area contributed by atoms with E-state index in [9.17, 15) is 61.0 Å². The summed E-state index contributed by atoms with van der Waals surface area (Å²) in [5.41, 5.74) is 0. The first kappa shape index (κ1) is 70.5. The van der Waals surface area contributed by atoms with E-state index in [2.05, 4.69) is 31.3 Å². The van der Waals surface area contributed by atoms with Crippen LogP contribution in [0.1, 0.15) is 213 Å². The number of hydrogen-bond donors (Lipinski definition) is 12. The van der Waals surface area contributed by atoms with Crippen molar-refractivity contribution in [3.8, 4) is 0 Å². The third-order valence-electron chi connectivity index (χ3n) is 15.5. The van der Waals surface area contributed by atoms with Gasteiger partial charge in [0.15, 0.2) is 18.9 Å². The SMILES string of the molecule is CCCCCCCCCCCC/C=C/CC/C=C/C(O)C(COC1OC(CO)C(OC2OC(CO)C(OC3OC(CO)C(O)C(O)C3O)C(O)C2O)C(O)C1O)NC(=O)CCCCCCCCCCCCCCCCCCC. The van der Waals surface area contributed by atoms with Crippen molar-refractivity contribution in [1.29, 1.82) is 0 Å². The Balaban J connectivity index is 1.51. The molecule has 3 aliphatic heterocycles. The van der Waals surface area contributed by atoms with Crippen LogP contribution in [0.15, 0.2) is 24.3 Å². The van der Waals surface area contributed by atoms with Gasteiger partial charge in [0, 0.05) is 6.42 Å². The van der Waals surface area contributed by atoms with Gasteiger partial charge in [0.25, 0.3) is 0 Å². The van der Waals surface area contributed by atoms with E-state index in [-0.39, 0.29) is 18.9 Å². The van der Waals surface area contributed by atoms with E-state index in [0.717, 1.165) is 38.5 Å². The fourth-order valence-corrected chi connectivity index (χ4v) is 10.4. The third kappa shape index (κ3) is 26.7. The van der Waals surface area contributed by atoms with Crippen molar-refractivity contribution in [2.24, 2.45) is 0 Å². The highest BCUT2D eigenvalue weighted by Crippen LogP contribution is 2.33. The van der Waals surface area contributed by atoms with Gasteiger partial charge in [-0.15, -0.1) is 0 Å². The van der Waals surface area contributed by atoms with Gasteiger partial charge < -0.3 is 89.9 Å². The minimum atomic E-state index is -1.98. The molecule has 3 aliphatic rings. The molecular formula is C59H109NO18. The zero-order valence-corrected chi connectivity index (χ0v) is 47.7. The summed E-state index contributed by atoms with van der Waals surface area (Å²) in [5, 5.41) is 120. The highest BCUT2D eigenvalue weighted by Gasteiger charge is 2.53. The monoisotopic (exact) mass is 1120 g/mol. The van der Waals surface area contributed by atoms with Gasteiger partial charge in [0.1, 0.15) is 73.2 Å². The molecule has 19 nitrogen and oxygen atoms in total. The fourth-order valence-electron chi connectivity index (χ4n) is 10.4. The summed E-state index contributed by atoms with van der Waals surface area (Å²) in [5.74, 6) is -0.283. The van der Waals surface area contributed by atoms with Gasteiger partial charge in [-0.1, -0.05) is 199 Å². The predicted molar refractivity (Wildman–Crippen MR) is 296 cm³/mol. The maximum atomic E-state index is 13.3. The summed E-state index contributed by atoms with van der Waals surface area (Å²) >= 11 is 0. The average molecular weight is 1120 g/mol. The Morgan fingerprint density at radius 1 is 0.449 bits per heavy atom. The second-order valence-corrected chi connectivity index (χ2v) is 22.2. The van der Waals surface area contributed by atoms with Crippen LogP contribution >= 0.6 is 0 Å². The van der Waals surface area contributed by atoms with Gasteiger partial charge in [-0.3, -0.25) is 4.79 Å². The Morgan fingerprint density at radius 2 is 0.821 bits per heavy atom. The third-order valence-corrected chi connectivity index (χ3v) is 15.5. The lowest BCUT2D eigenvalue weighted by atomic mass is 9.96. The summed E-state index contributed by atoms with van der Waals surface area (Å²) in [7, 11) is 0. The molecule has 458 valence electrons. The quantitative estimate of drug-likeness (QED) is 0.0263. The van der Waals surface area contributed by atoms with Crippen LogP contribution in [-0.2, 0) is 33.2 Å². The molecule has 19 heteroatoms. The summed E-state index contributed by atoms with van der Waals surface area (Å²) in [6, 6.07) is -0.984. The predicted octanol–water partition coefficient (Wildman–Crippen LogP) is 5.54. The number of aliphatic hydroxyl groups is 11. The fraction of sp³-hybridized carbons (Fsp3) is 0.915. The summed E-state index contributed by atoms with van der Waals surface area (Å²) < 4.78 is 34.2. The van der Waals surface area contributed by atoms with E-state index in [0.29, 0.717) is 12.8 Å². The molecular weight excluding hydrogens is 1010 g/mol. The minimum Gasteiger partial charge on any atom is -0.394 e. The molecule has 0 aromatic heterocycles. The first-order valence-corrected chi connectivity index (χ1v) is 30.6. The van der Waals surface area contributed by atoms with Crippen LogP contribution in [-0.4, -0.2) is 193 Å². The maximum absolute atomic E-state index is 13.3. The smallest absolute Gasteiger partial charge is 0.220 e. The number of aliphatic hydroxyl groups excluding tert-OH is 11. The van der Waals surface area contributed by atoms with E-state index in [1.165, 1.54) is 141 Å². The molecule has 12 N–H and O–H groups in total. The minimum absolute atomic E-state index is 0.240. The van der Waals surface area contributed by atoms with Gasteiger partial charge in [0.05, 0.1) is 38.6 Å². The molecule has 1 amide bonds. The van der Waals surface area contributed by atoms with Crippen LogP contribution in [0.3, 0.4) is 0 Å². The number of hydrogen-bond acceptors (Lipinski definition) is 18. The standard InChI is InChI=1S/C59H109NO18/c1-3-5-7-9-11-13-15-17-19-21-23-25-27-29-31-33-35-37-47(65)60-42(43(64)36-34-32-30-28-26-24-22-20-18-16-14-12-10-8-6-4-2)41-73-57-53(71)50(68)55(45(39-62)75-57)78-59-54(72)51(69)56(46(40-63)76-59)77-58-52(70)49(67)48(66)44(38-61)74-58/h26,28,34,36,42-46,48-59,61-64,66-72H,3-25,27,29-33,35,37-41H2,1-2H3,(H,60,65)/b28-26+,36-34+. The molecule has 0 bridgehead atoms. The molecule has 3 rings (SSSR count). The van der Waals surface area contributed by atoms with Crippen molar-refractivity contribution < 1.29 is 89.4 Å². The normalized spacial score (nSPS) is 30.6. The number of unbranched alkanes of at least 4 members (excludes halogenated alkanes) is 27. The summed E-state index contributed by atoms with van der Waals surface area (Å²) in [6.45, 7) is 1.71. The lowest BCUT2D eigenvalue weighted by Crippen LogP contribution is -2.66. The van der Waals surface area contributed by atoms with Gasteiger partial charge in [-0.25, -0.2) is 0 Å². The Morgan fingerprint density at radius 3 is 1.28 bits per heavy atom. The number of amides is 1. The molecule has 17 atom stereocenters. The number of rotatable bonds is 45. The first-order valence-electron chi connectivity index (χ1n) is 30.6.